The molecule has 0 aliphatic carbocycles. The van der Waals surface area contributed by atoms with Crippen LogP contribution in [-0.2, 0) is 21.4 Å². The fraction of sp³-hybridized carbons (Fsp3) is 0.190. The number of amides is 1. The topological polar surface area (TPSA) is 107 Å². The lowest BCUT2D eigenvalue weighted by Gasteiger charge is -2.10. The second kappa shape index (κ2) is 9.95. The van der Waals surface area contributed by atoms with Gasteiger partial charge < -0.3 is 19.2 Å². The quantitative estimate of drug-likeness (QED) is 0.512. The summed E-state index contributed by atoms with van der Waals surface area (Å²) < 4.78 is 43.1. The van der Waals surface area contributed by atoms with E-state index in [0.717, 1.165) is 0 Å². The molecule has 2 aromatic carbocycles. The number of hydrogen-bond donors (Lipinski definition) is 2. The van der Waals surface area contributed by atoms with Crippen LogP contribution in [0.3, 0.4) is 0 Å². The van der Waals surface area contributed by atoms with Gasteiger partial charge in [-0.1, -0.05) is 6.07 Å². The molecule has 8 nitrogen and oxygen atoms in total. The third-order valence-electron chi connectivity index (χ3n) is 4.10. The maximum absolute atomic E-state index is 12.4. The lowest BCUT2D eigenvalue weighted by molar-refractivity contribution is -0.116. The van der Waals surface area contributed by atoms with Crippen LogP contribution in [0.15, 0.2) is 76.2 Å². The van der Waals surface area contributed by atoms with Gasteiger partial charge in [0, 0.05) is 5.69 Å². The third-order valence-corrected chi connectivity index (χ3v) is 5.50. The van der Waals surface area contributed by atoms with E-state index < -0.39 is 10.0 Å². The first-order valence-corrected chi connectivity index (χ1v) is 10.6. The van der Waals surface area contributed by atoms with Crippen molar-refractivity contribution in [1.82, 2.24) is 4.72 Å². The van der Waals surface area contributed by atoms with Crippen molar-refractivity contribution in [3.05, 3.63) is 72.7 Å². The van der Waals surface area contributed by atoms with Crippen molar-refractivity contribution in [3.63, 3.8) is 0 Å². The van der Waals surface area contributed by atoms with E-state index in [2.05, 4.69) is 10.0 Å². The molecule has 1 aromatic heterocycles. The summed E-state index contributed by atoms with van der Waals surface area (Å²) in [5.41, 5.74) is 0.380. The highest BCUT2D eigenvalue weighted by Crippen LogP contribution is 2.18. The summed E-state index contributed by atoms with van der Waals surface area (Å²) in [6.07, 6.45) is 1.58. The van der Waals surface area contributed by atoms with Crippen molar-refractivity contribution in [1.29, 1.82) is 0 Å². The van der Waals surface area contributed by atoms with Gasteiger partial charge in [-0.3, -0.25) is 4.79 Å². The Labute approximate surface area is 174 Å². The Morgan fingerprint density at radius 1 is 1.03 bits per heavy atom. The number of anilines is 1. The number of methoxy groups -OCH3 is 1. The summed E-state index contributed by atoms with van der Waals surface area (Å²) in [6, 6.07) is 16.4. The molecule has 3 aromatic rings. The van der Waals surface area contributed by atoms with Crippen LogP contribution >= 0.6 is 0 Å². The fourth-order valence-electron chi connectivity index (χ4n) is 2.56. The van der Waals surface area contributed by atoms with E-state index in [-0.39, 0.29) is 30.4 Å². The van der Waals surface area contributed by atoms with Gasteiger partial charge in [0.15, 0.2) is 0 Å². The van der Waals surface area contributed by atoms with Gasteiger partial charge in [-0.15, -0.1) is 0 Å². The van der Waals surface area contributed by atoms with Crippen LogP contribution in [-0.4, -0.2) is 28.0 Å². The number of ether oxygens (including phenoxy) is 2. The van der Waals surface area contributed by atoms with Gasteiger partial charge in [0.2, 0.25) is 15.9 Å². The first-order valence-electron chi connectivity index (χ1n) is 9.15. The molecule has 0 saturated carbocycles. The average Bonchev–Trinajstić information content (AvgIpc) is 3.27. The maximum atomic E-state index is 12.4. The monoisotopic (exact) mass is 430 g/mol. The number of benzene rings is 2. The Kier molecular flexibility index (Phi) is 7.10. The van der Waals surface area contributed by atoms with Gasteiger partial charge in [0.05, 0.1) is 37.8 Å². The van der Waals surface area contributed by atoms with Crippen molar-refractivity contribution in [2.24, 2.45) is 0 Å². The molecule has 0 radical (unpaired) electrons. The highest BCUT2D eigenvalue weighted by molar-refractivity contribution is 7.89. The Balaban J connectivity index is 1.51. The van der Waals surface area contributed by atoms with Gasteiger partial charge in [0.25, 0.3) is 0 Å². The number of carbonyl (C=O) groups excluding carboxylic acids is 1. The number of nitrogens with one attached hydrogen (secondary N) is 2. The second-order valence-electron chi connectivity index (χ2n) is 6.25. The van der Waals surface area contributed by atoms with E-state index in [0.29, 0.717) is 22.9 Å². The van der Waals surface area contributed by atoms with Crippen molar-refractivity contribution in [2.45, 2.75) is 17.9 Å². The van der Waals surface area contributed by atoms with Gasteiger partial charge in [0.1, 0.15) is 17.3 Å². The molecule has 0 unspecified atom stereocenters. The molecule has 0 aliphatic rings. The van der Waals surface area contributed by atoms with Crippen LogP contribution in [0.1, 0.15) is 12.2 Å². The predicted octanol–water partition coefficient (Wildman–Crippen LogP) is 3.17. The normalized spacial score (nSPS) is 11.1. The molecule has 0 atom stereocenters. The van der Waals surface area contributed by atoms with E-state index >= 15 is 0 Å². The third kappa shape index (κ3) is 6.10. The van der Waals surface area contributed by atoms with Crippen LogP contribution in [0, 0.1) is 0 Å². The minimum atomic E-state index is -3.75. The van der Waals surface area contributed by atoms with Crippen LogP contribution in [0.5, 0.6) is 11.5 Å². The summed E-state index contributed by atoms with van der Waals surface area (Å²) in [4.78, 5) is 12.2. The molecule has 2 N–H and O–H groups in total. The summed E-state index contributed by atoms with van der Waals surface area (Å²) in [5.74, 6) is 1.55. The first kappa shape index (κ1) is 21.4. The van der Waals surface area contributed by atoms with Crippen molar-refractivity contribution >= 4 is 21.6 Å². The number of rotatable bonds is 10. The number of hydrogen-bond acceptors (Lipinski definition) is 6. The van der Waals surface area contributed by atoms with Gasteiger partial charge in [-0.2, -0.15) is 0 Å². The Hall–Kier alpha value is -3.30. The molecule has 0 aliphatic heterocycles. The number of furan rings is 1. The van der Waals surface area contributed by atoms with E-state index in [9.17, 15) is 13.2 Å². The lowest BCUT2D eigenvalue weighted by atomic mass is 10.3. The molecule has 0 spiro atoms. The summed E-state index contributed by atoms with van der Waals surface area (Å²) in [7, 11) is -2.17. The molecular weight excluding hydrogens is 408 g/mol. The second-order valence-corrected chi connectivity index (χ2v) is 8.02. The van der Waals surface area contributed by atoms with E-state index in [4.69, 9.17) is 13.9 Å². The molecule has 9 heteroatoms. The molecule has 0 bridgehead atoms. The van der Waals surface area contributed by atoms with Crippen LogP contribution in [0.25, 0.3) is 0 Å². The smallest absolute Gasteiger partial charge is 0.241 e. The van der Waals surface area contributed by atoms with E-state index in [1.807, 2.05) is 0 Å². The molecule has 30 heavy (non-hydrogen) atoms. The Bertz CT molecular complexity index is 1060. The number of carbonyl (C=O) groups is 1. The Morgan fingerprint density at radius 2 is 1.80 bits per heavy atom. The minimum Gasteiger partial charge on any atom is -0.497 e. The van der Waals surface area contributed by atoms with Crippen molar-refractivity contribution in [2.75, 3.05) is 19.0 Å². The van der Waals surface area contributed by atoms with Crippen LogP contribution in [0.4, 0.5) is 5.69 Å². The SMILES string of the molecule is COc1ccc(OCCC(=O)Nc2cccc(S(=O)(=O)NCc3ccco3)c2)cc1. The highest BCUT2D eigenvalue weighted by atomic mass is 32.2. The largest absolute Gasteiger partial charge is 0.497 e. The van der Waals surface area contributed by atoms with Crippen molar-refractivity contribution in [3.8, 4) is 11.5 Å². The minimum absolute atomic E-state index is 0.0363. The maximum Gasteiger partial charge on any atom is 0.241 e. The molecule has 1 amide bonds. The summed E-state index contributed by atoms with van der Waals surface area (Å²) in [6.45, 7) is 0.218. The molecule has 158 valence electrons. The number of sulfonamides is 1. The lowest BCUT2D eigenvalue weighted by Crippen LogP contribution is -2.23. The molecule has 3 rings (SSSR count). The first-order chi connectivity index (χ1) is 14.5. The molecular formula is C21H22N2O6S. The molecule has 0 fully saturated rings. The van der Waals surface area contributed by atoms with Crippen LogP contribution < -0.4 is 19.5 Å². The zero-order valence-corrected chi connectivity index (χ0v) is 17.1. The van der Waals surface area contributed by atoms with E-state index in [1.54, 1.807) is 55.6 Å². The standard InChI is InChI=1S/C21H22N2O6S/c1-27-17-7-9-18(10-8-17)29-13-11-21(24)23-16-4-2-6-20(14-16)30(25,26)22-15-19-5-3-12-28-19/h2-10,12,14,22H,11,13,15H2,1H3,(H,23,24). The zero-order valence-electron chi connectivity index (χ0n) is 16.3. The van der Waals surface area contributed by atoms with Crippen LogP contribution in [0.2, 0.25) is 0 Å². The van der Waals surface area contributed by atoms with Crippen molar-refractivity contribution < 1.29 is 27.1 Å². The fourth-order valence-corrected chi connectivity index (χ4v) is 3.60. The Morgan fingerprint density at radius 3 is 2.50 bits per heavy atom. The zero-order chi connectivity index (χ0) is 21.4. The predicted molar refractivity (Wildman–Crippen MR) is 111 cm³/mol. The van der Waals surface area contributed by atoms with Gasteiger partial charge in [-0.05, 0) is 54.6 Å². The summed E-state index contributed by atoms with van der Waals surface area (Å²) >= 11 is 0. The molecule has 1 heterocycles. The average molecular weight is 430 g/mol. The van der Waals surface area contributed by atoms with E-state index in [1.165, 1.54) is 18.4 Å². The highest BCUT2D eigenvalue weighted by Gasteiger charge is 2.15. The van der Waals surface area contributed by atoms with Gasteiger partial charge in [-0.25, -0.2) is 13.1 Å². The summed E-state index contributed by atoms with van der Waals surface area (Å²) in [5, 5.41) is 2.68. The van der Waals surface area contributed by atoms with Gasteiger partial charge >= 0.3 is 0 Å². The molecule has 0 saturated heterocycles.